The maximum absolute atomic E-state index is 13.1. The molecule has 4 aliphatic rings. The number of ether oxygens (including phenoxy) is 1. The Hall–Kier alpha value is -3.21. The second-order valence-corrected chi connectivity index (χ2v) is 9.75. The number of carbonyl (C=O) groups excluding carboxylic acids is 4. The van der Waals surface area contributed by atoms with E-state index in [0.29, 0.717) is 5.57 Å². The summed E-state index contributed by atoms with van der Waals surface area (Å²) >= 11 is 3.09. The number of ketones is 2. The van der Waals surface area contributed by atoms with Crippen molar-refractivity contribution in [1.29, 1.82) is 0 Å². The number of phenols is 1. The summed E-state index contributed by atoms with van der Waals surface area (Å²) < 4.78 is 42.7. The zero-order chi connectivity index (χ0) is 25.4. The lowest BCUT2D eigenvalue weighted by Gasteiger charge is -2.42. The molecule has 0 unspecified atom stereocenters. The molecule has 0 spiro atoms. The molecule has 2 amide bonds. The molecule has 1 N–H and O–H groups in total. The van der Waals surface area contributed by atoms with Crippen LogP contribution in [-0.4, -0.2) is 46.8 Å². The van der Waals surface area contributed by atoms with Crippen molar-refractivity contribution in [2.75, 3.05) is 7.05 Å². The Morgan fingerprint density at radius 3 is 2.51 bits per heavy atom. The van der Waals surface area contributed by atoms with Crippen LogP contribution >= 0.6 is 15.9 Å². The highest BCUT2D eigenvalue weighted by molar-refractivity contribution is 9.12. The number of amides is 2. The van der Waals surface area contributed by atoms with Crippen LogP contribution in [0.2, 0.25) is 0 Å². The largest absolute Gasteiger partial charge is 0.573 e. The zero-order valence-electron chi connectivity index (χ0n) is 18.1. The number of fused-ring (bicyclic) bond motifs is 3. The van der Waals surface area contributed by atoms with Gasteiger partial charge in [-0.05, 0) is 52.9 Å². The van der Waals surface area contributed by atoms with Gasteiger partial charge in [0.15, 0.2) is 11.6 Å². The zero-order valence-corrected chi connectivity index (χ0v) is 19.6. The Kier molecular flexibility index (Phi) is 5.31. The molecule has 0 radical (unpaired) electrons. The van der Waals surface area contributed by atoms with E-state index in [1.807, 2.05) is 0 Å². The number of imide groups is 1. The Labute approximate surface area is 205 Å². The first-order valence-electron chi connectivity index (χ1n) is 10.7. The van der Waals surface area contributed by atoms with Crippen LogP contribution in [-0.2, 0) is 19.2 Å². The van der Waals surface area contributed by atoms with Crippen molar-refractivity contribution in [3.63, 3.8) is 0 Å². The molecule has 1 aliphatic heterocycles. The van der Waals surface area contributed by atoms with Gasteiger partial charge in [-0.1, -0.05) is 11.6 Å². The molecule has 11 heteroatoms. The molecule has 5 rings (SSSR count). The van der Waals surface area contributed by atoms with E-state index in [0.717, 1.165) is 29.2 Å². The molecule has 4 atom stereocenters. The molecule has 1 fully saturated rings. The summed E-state index contributed by atoms with van der Waals surface area (Å²) in [6, 6.07) is 2.93. The van der Waals surface area contributed by atoms with Crippen LogP contribution in [0.15, 0.2) is 51.6 Å². The van der Waals surface area contributed by atoms with Gasteiger partial charge in [-0.2, -0.15) is 0 Å². The first kappa shape index (κ1) is 23.5. The number of benzene rings is 1. The Bertz CT molecular complexity index is 1310. The fourth-order valence-corrected chi connectivity index (χ4v) is 6.13. The third-order valence-electron chi connectivity index (χ3n) is 7.10. The molecule has 0 bridgehead atoms. The summed E-state index contributed by atoms with van der Waals surface area (Å²) in [7, 11) is 1.38. The minimum Gasteiger partial charge on any atom is -0.508 e. The summed E-state index contributed by atoms with van der Waals surface area (Å²) in [5.41, 5.74) is 0.581. The number of hydrogen-bond donors (Lipinski definition) is 1. The molecule has 0 saturated carbocycles. The molecule has 0 aromatic heterocycles. The lowest BCUT2D eigenvalue weighted by Crippen LogP contribution is -2.39. The van der Waals surface area contributed by atoms with Crippen molar-refractivity contribution >= 4 is 39.3 Å². The van der Waals surface area contributed by atoms with E-state index >= 15 is 0 Å². The molecule has 1 aromatic carbocycles. The third-order valence-corrected chi connectivity index (χ3v) is 7.68. The van der Waals surface area contributed by atoms with E-state index in [2.05, 4.69) is 20.7 Å². The fraction of sp³-hybridized carbons (Fsp3) is 0.333. The number of nitrogens with zero attached hydrogens (tertiary/aromatic N) is 1. The van der Waals surface area contributed by atoms with E-state index in [4.69, 9.17) is 0 Å². The van der Waals surface area contributed by atoms with Crippen LogP contribution in [0, 0.1) is 17.8 Å². The van der Waals surface area contributed by atoms with E-state index in [1.165, 1.54) is 7.05 Å². The van der Waals surface area contributed by atoms with Gasteiger partial charge in [0.2, 0.25) is 11.8 Å². The van der Waals surface area contributed by atoms with Crippen molar-refractivity contribution in [3.05, 3.63) is 57.1 Å². The summed E-state index contributed by atoms with van der Waals surface area (Å²) in [6.07, 6.45) is -2.00. The highest BCUT2D eigenvalue weighted by atomic mass is 79.9. The number of hydrogen-bond acceptors (Lipinski definition) is 6. The van der Waals surface area contributed by atoms with Crippen LogP contribution in [0.25, 0.3) is 0 Å². The average Bonchev–Trinajstić information content (AvgIpc) is 3.00. The lowest BCUT2D eigenvalue weighted by atomic mass is 9.59. The maximum Gasteiger partial charge on any atom is 0.573 e. The predicted octanol–water partition coefficient (Wildman–Crippen LogP) is 3.68. The quantitative estimate of drug-likeness (QED) is 0.342. The SMILES string of the molecule is CN1C(=O)[C@H]2[C@H](CC=C3[C@H](c4cc(OC(F)(F)F)ccc4O)C4=C(C[C@H]32)C(=O)C(Br)=CC4=O)C1=O. The number of phenolic OH excluding ortho intramolecular Hbond substituents is 1. The molecule has 1 aromatic rings. The summed E-state index contributed by atoms with van der Waals surface area (Å²) in [5, 5.41) is 10.7. The van der Waals surface area contributed by atoms with Crippen molar-refractivity contribution in [2.24, 2.45) is 17.8 Å². The van der Waals surface area contributed by atoms with Crippen molar-refractivity contribution in [3.8, 4) is 11.5 Å². The maximum atomic E-state index is 13.1. The van der Waals surface area contributed by atoms with E-state index < -0.39 is 59.0 Å². The summed E-state index contributed by atoms with van der Waals surface area (Å²) in [4.78, 5) is 52.8. The van der Waals surface area contributed by atoms with Gasteiger partial charge in [0.05, 0.1) is 16.3 Å². The van der Waals surface area contributed by atoms with Gasteiger partial charge in [0, 0.05) is 35.8 Å². The van der Waals surface area contributed by atoms with Gasteiger partial charge >= 0.3 is 6.36 Å². The average molecular weight is 552 g/mol. The molecule has 1 heterocycles. The van der Waals surface area contributed by atoms with E-state index in [1.54, 1.807) is 6.08 Å². The number of allylic oxidation sites excluding steroid dienone is 6. The van der Waals surface area contributed by atoms with E-state index in [9.17, 15) is 37.5 Å². The molecular formula is C24H17BrF3NO6. The van der Waals surface area contributed by atoms with Crippen LogP contribution in [0.3, 0.4) is 0 Å². The van der Waals surface area contributed by atoms with Gasteiger partial charge in [-0.3, -0.25) is 24.1 Å². The first-order chi connectivity index (χ1) is 16.4. The fourth-order valence-electron chi connectivity index (χ4n) is 5.68. The second-order valence-electron chi connectivity index (χ2n) is 8.90. The number of halogens is 4. The highest BCUT2D eigenvalue weighted by Crippen LogP contribution is 2.56. The molecule has 35 heavy (non-hydrogen) atoms. The standard InChI is InChI=1S/C24H17BrF3NO6/c1-29-22(33)11-4-3-10-12(19(11)23(29)34)7-14-20(17(31)8-15(25)21(14)32)18(10)13-6-9(2-5-16(13)30)35-24(26,27)28/h2-3,5-6,8,11-12,18-19,30H,4,7H2,1H3/t11-,12+,18+,19-/m0/s1. The Morgan fingerprint density at radius 1 is 1.11 bits per heavy atom. The summed E-state index contributed by atoms with van der Waals surface area (Å²) in [6.45, 7) is 0. The number of carbonyl (C=O) groups is 4. The normalized spacial score (nSPS) is 28.4. The number of alkyl halides is 3. The van der Waals surface area contributed by atoms with Gasteiger partial charge in [0.1, 0.15) is 11.5 Å². The predicted molar refractivity (Wildman–Crippen MR) is 117 cm³/mol. The van der Waals surface area contributed by atoms with Crippen LogP contribution in [0.5, 0.6) is 11.5 Å². The van der Waals surface area contributed by atoms with Gasteiger partial charge in [-0.25, -0.2) is 0 Å². The van der Waals surface area contributed by atoms with Crippen molar-refractivity contribution in [1.82, 2.24) is 4.90 Å². The van der Waals surface area contributed by atoms with Gasteiger partial charge in [0.25, 0.3) is 0 Å². The van der Waals surface area contributed by atoms with Crippen LogP contribution < -0.4 is 4.74 Å². The second kappa shape index (κ2) is 7.91. The Morgan fingerprint density at radius 2 is 1.83 bits per heavy atom. The van der Waals surface area contributed by atoms with Crippen molar-refractivity contribution < 1.29 is 42.2 Å². The molecular weight excluding hydrogens is 535 g/mol. The highest BCUT2D eigenvalue weighted by Gasteiger charge is 2.55. The minimum atomic E-state index is -4.99. The topological polar surface area (TPSA) is 101 Å². The molecule has 3 aliphatic carbocycles. The first-order valence-corrected chi connectivity index (χ1v) is 11.5. The molecule has 7 nitrogen and oxygen atoms in total. The number of Topliss-reactive ketones (excluding diaryl/α,β-unsaturated/α-hetero) is 1. The third kappa shape index (κ3) is 3.64. The number of rotatable bonds is 2. The lowest BCUT2D eigenvalue weighted by molar-refractivity contribution is -0.274. The smallest absolute Gasteiger partial charge is 0.508 e. The van der Waals surface area contributed by atoms with E-state index in [-0.39, 0.29) is 39.9 Å². The molecule has 1 saturated heterocycles. The monoisotopic (exact) mass is 551 g/mol. The Balaban J connectivity index is 1.71. The van der Waals surface area contributed by atoms with Crippen LogP contribution in [0.1, 0.15) is 24.3 Å². The van der Waals surface area contributed by atoms with Gasteiger partial charge in [-0.15, -0.1) is 13.2 Å². The number of aromatic hydroxyl groups is 1. The van der Waals surface area contributed by atoms with Crippen LogP contribution in [0.4, 0.5) is 13.2 Å². The minimum absolute atomic E-state index is 0.0126. The number of likely N-dealkylation sites (tertiary alicyclic amines) is 1. The van der Waals surface area contributed by atoms with Crippen molar-refractivity contribution in [2.45, 2.75) is 25.1 Å². The molecule has 182 valence electrons. The summed E-state index contributed by atoms with van der Waals surface area (Å²) in [5.74, 6) is -5.96. The van der Waals surface area contributed by atoms with Gasteiger partial charge < -0.3 is 9.84 Å².